The van der Waals surface area contributed by atoms with Crippen LogP contribution in [0.5, 0.6) is 5.75 Å². The summed E-state index contributed by atoms with van der Waals surface area (Å²) >= 11 is 0. The fourth-order valence-electron chi connectivity index (χ4n) is 5.37. The van der Waals surface area contributed by atoms with Gasteiger partial charge in [0.1, 0.15) is 23.7 Å². The average molecular weight is 662 g/mol. The second-order valence-corrected chi connectivity index (χ2v) is 12.8. The van der Waals surface area contributed by atoms with Crippen molar-refractivity contribution in [1.29, 1.82) is 0 Å². The molecular formula is C33H35N5O8S. The van der Waals surface area contributed by atoms with Crippen molar-refractivity contribution in [3.8, 4) is 5.75 Å². The molecule has 47 heavy (non-hydrogen) atoms. The monoisotopic (exact) mass is 661 g/mol. The van der Waals surface area contributed by atoms with Crippen LogP contribution in [0.25, 0.3) is 0 Å². The number of likely N-dealkylation sites (tertiary alicyclic amines) is 1. The summed E-state index contributed by atoms with van der Waals surface area (Å²) in [5, 5.41) is 15.3. The summed E-state index contributed by atoms with van der Waals surface area (Å²) in [5.74, 6) is -1.12. The normalized spacial score (nSPS) is 15.2. The fourth-order valence-corrected chi connectivity index (χ4v) is 6.58. The standard InChI is InChI=1S/C33H35N5O8S/c1-21-9-6-7-12-24(21)35-33(42)36-25-15-14-22(17-29(25)45-2)18-31(39)38-16-8-13-28(38)27-20-46-30(34-27)19-26(32(40)41)37-47(43,44)23-10-4-3-5-11-23/h3-7,9-12,14-15,17,20,26,28,37H,8,13,16,18-19H2,1-2H3,(H,40,41)(H2,35,36,42). The van der Waals surface area contributed by atoms with Gasteiger partial charge in [0.25, 0.3) is 0 Å². The van der Waals surface area contributed by atoms with Gasteiger partial charge in [-0.3, -0.25) is 9.59 Å². The molecule has 1 fully saturated rings. The molecule has 2 unspecified atom stereocenters. The van der Waals surface area contributed by atoms with Gasteiger partial charge in [-0.15, -0.1) is 0 Å². The number of nitrogens with one attached hydrogen (secondary N) is 3. The molecule has 2 atom stereocenters. The highest BCUT2D eigenvalue weighted by molar-refractivity contribution is 7.89. The molecule has 14 heteroatoms. The van der Waals surface area contributed by atoms with E-state index in [1.165, 1.54) is 37.6 Å². The number of hydrogen-bond acceptors (Lipinski definition) is 8. The molecule has 1 aliphatic rings. The van der Waals surface area contributed by atoms with Gasteiger partial charge >= 0.3 is 12.0 Å². The van der Waals surface area contributed by atoms with Crippen LogP contribution < -0.4 is 20.1 Å². The molecule has 13 nitrogen and oxygen atoms in total. The summed E-state index contributed by atoms with van der Waals surface area (Å²) < 4.78 is 38.6. The Morgan fingerprint density at radius 2 is 1.77 bits per heavy atom. The molecule has 3 amide bonds. The molecular weight excluding hydrogens is 626 g/mol. The lowest BCUT2D eigenvalue weighted by Gasteiger charge is -2.23. The Kier molecular flexibility index (Phi) is 10.2. The second kappa shape index (κ2) is 14.5. The topological polar surface area (TPSA) is 180 Å². The number of carboxylic acids is 1. The quantitative estimate of drug-likeness (QED) is 0.170. The molecule has 5 rings (SSSR count). The van der Waals surface area contributed by atoms with Gasteiger partial charge in [0.05, 0.1) is 36.6 Å². The minimum atomic E-state index is -4.10. The number of ether oxygens (including phenoxy) is 1. The first-order valence-corrected chi connectivity index (χ1v) is 16.4. The van der Waals surface area contributed by atoms with Crippen molar-refractivity contribution in [3.05, 3.63) is 102 Å². The second-order valence-electron chi connectivity index (χ2n) is 11.0. The molecule has 0 bridgehead atoms. The molecule has 4 aromatic rings. The van der Waals surface area contributed by atoms with Crippen LogP contribution >= 0.6 is 0 Å². The third-order valence-corrected chi connectivity index (χ3v) is 9.26. The SMILES string of the molecule is COc1cc(CC(=O)N2CCCC2c2coc(CC(NS(=O)(=O)c3ccccc3)C(=O)O)n2)ccc1NC(=O)Nc1ccccc1C. The zero-order chi connectivity index (χ0) is 33.6. The number of aliphatic carboxylic acids is 1. The number of urea groups is 1. The van der Waals surface area contributed by atoms with Crippen molar-refractivity contribution in [1.82, 2.24) is 14.6 Å². The minimum absolute atomic E-state index is 0.0294. The first-order valence-electron chi connectivity index (χ1n) is 14.9. The maximum atomic E-state index is 13.5. The van der Waals surface area contributed by atoms with E-state index in [2.05, 4.69) is 20.3 Å². The zero-order valence-corrected chi connectivity index (χ0v) is 26.6. The lowest BCUT2D eigenvalue weighted by atomic mass is 10.1. The molecule has 1 saturated heterocycles. The van der Waals surface area contributed by atoms with Crippen molar-refractivity contribution in [3.63, 3.8) is 0 Å². The third kappa shape index (κ3) is 8.15. The van der Waals surface area contributed by atoms with Crippen LogP contribution in [0, 0.1) is 6.92 Å². The minimum Gasteiger partial charge on any atom is -0.495 e. The van der Waals surface area contributed by atoms with E-state index < -0.39 is 34.1 Å². The highest BCUT2D eigenvalue weighted by atomic mass is 32.2. The van der Waals surface area contributed by atoms with Crippen LogP contribution in [0.15, 0.2) is 88.4 Å². The Hall–Kier alpha value is -5.21. The Labute approximate surface area is 272 Å². The van der Waals surface area contributed by atoms with Gasteiger partial charge < -0.3 is 29.8 Å². The van der Waals surface area contributed by atoms with E-state index in [9.17, 15) is 27.9 Å². The van der Waals surface area contributed by atoms with Crippen LogP contribution in [-0.4, -0.2) is 61.0 Å². The number of para-hydroxylation sites is 1. The van der Waals surface area contributed by atoms with Crippen LogP contribution in [-0.2, 0) is 32.5 Å². The first kappa shape index (κ1) is 33.2. The molecule has 1 aromatic heterocycles. The number of sulfonamides is 1. The molecule has 4 N–H and O–H groups in total. The lowest BCUT2D eigenvalue weighted by molar-refractivity contribution is -0.139. The number of amides is 3. The Bertz CT molecular complexity index is 1860. The number of aromatic nitrogens is 1. The molecule has 0 aliphatic carbocycles. The van der Waals surface area contributed by atoms with Gasteiger partial charge in [-0.25, -0.2) is 18.2 Å². The smallest absolute Gasteiger partial charge is 0.323 e. The molecule has 3 aromatic carbocycles. The number of rotatable bonds is 12. The number of aryl methyl sites for hydroxylation is 1. The summed E-state index contributed by atoms with van der Waals surface area (Å²) in [6.45, 7) is 2.39. The number of benzene rings is 3. The van der Waals surface area contributed by atoms with E-state index in [1.54, 1.807) is 35.2 Å². The van der Waals surface area contributed by atoms with E-state index in [4.69, 9.17) is 9.15 Å². The Morgan fingerprint density at radius 3 is 2.49 bits per heavy atom. The summed E-state index contributed by atoms with van der Waals surface area (Å²) in [6.07, 6.45) is 2.47. The number of carbonyl (C=O) groups excluding carboxylic acids is 2. The number of nitrogens with zero attached hydrogens (tertiary/aromatic N) is 2. The Morgan fingerprint density at radius 1 is 1.04 bits per heavy atom. The Balaban J connectivity index is 1.22. The fraction of sp³-hybridized carbons (Fsp3) is 0.273. The summed E-state index contributed by atoms with van der Waals surface area (Å²) in [4.78, 5) is 44.0. The van der Waals surface area contributed by atoms with Gasteiger partial charge in [0.15, 0.2) is 5.89 Å². The number of carboxylic acid groups (broad SMARTS) is 1. The van der Waals surface area contributed by atoms with Crippen LogP contribution in [0.1, 0.15) is 41.6 Å². The number of carbonyl (C=O) groups is 3. The predicted octanol–water partition coefficient (Wildman–Crippen LogP) is 4.52. The highest BCUT2D eigenvalue weighted by Crippen LogP contribution is 2.33. The number of methoxy groups -OCH3 is 1. The number of anilines is 2. The largest absolute Gasteiger partial charge is 0.495 e. The first-order chi connectivity index (χ1) is 22.5. The average Bonchev–Trinajstić information content (AvgIpc) is 3.73. The van der Waals surface area contributed by atoms with E-state index in [0.717, 1.165) is 12.0 Å². The van der Waals surface area contributed by atoms with E-state index in [0.29, 0.717) is 41.3 Å². The van der Waals surface area contributed by atoms with Crippen molar-refractivity contribution in [2.45, 2.75) is 49.6 Å². The van der Waals surface area contributed by atoms with Gasteiger partial charge in [-0.1, -0.05) is 42.5 Å². The third-order valence-electron chi connectivity index (χ3n) is 7.77. The predicted molar refractivity (Wildman–Crippen MR) is 173 cm³/mol. The molecule has 1 aliphatic heterocycles. The maximum absolute atomic E-state index is 13.5. The number of hydrogen-bond donors (Lipinski definition) is 4. The maximum Gasteiger partial charge on any atom is 0.323 e. The molecule has 246 valence electrons. The van der Waals surface area contributed by atoms with E-state index >= 15 is 0 Å². The van der Waals surface area contributed by atoms with Crippen molar-refractivity contribution < 1.29 is 37.1 Å². The number of oxazole rings is 1. The zero-order valence-electron chi connectivity index (χ0n) is 25.8. The van der Waals surface area contributed by atoms with Crippen LogP contribution in [0.2, 0.25) is 0 Å². The summed E-state index contributed by atoms with van der Waals surface area (Å²) in [7, 11) is -2.62. The van der Waals surface area contributed by atoms with Crippen LogP contribution in [0.4, 0.5) is 16.2 Å². The molecule has 0 spiro atoms. The summed E-state index contributed by atoms with van der Waals surface area (Å²) in [6, 6.07) is 17.6. The summed E-state index contributed by atoms with van der Waals surface area (Å²) in [5.41, 5.74) is 3.17. The van der Waals surface area contributed by atoms with Gasteiger partial charge in [0.2, 0.25) is 15.9 Å². The van der Waals surface area contributed by atoms with E-state index in [-0.39, 0.29) is 29.5 Å². The highest BCUT2D eigenvalue weighted by Gasteiger charge is 2.33. The van der Waals surface area contributed by atoms with Gasteiger partial charge in [-0.05, 0) is 61.2 Å². The van der Waals surface area contributed by atoms with Crippen molar-refractivity contribution in [2.24, 2.45) is 0 Å². The van der Waals surface area contributed by atoms with Gasteiger partial charge in [-0.2, -0.15) is 4.72 Å². The van der Waals surface area contributed by atoms with Crippen molar-refractivity contribution >= 4 is 39.3 Å². The molecule has 2 heterocycles. The van der Waals surface area contributed by atoms with Gasteiger partial charge in [0, 0.05) is 12.2 Å². The molecule has 0 radical (unpaired) electrons. The van der Waals surface area contributed by atoms with E-state index in [1.807, 2.05) is 25.1 Å². The lowest BCUT2D eigenvalue weighted by Crippen LogP contribution is -2.42. The van der Waals surface area contributed by atoms with Crippen molar-refractivity contribution in [2.75, 3.05) is 24.3 Å². The van der Waals surface area contributed by atoms with Crippen LogP contribution in [0.3, 0.4) is 0 Å². The molecule has 0 saturated carbocycles.